The Morgan fingerprint density at radius 1 is 1.35 bits per heavy atom. The molecular weight excluding hydrogens is 304 g/mol. The first-order chi connectivity index (χ1) is 10.9. The molecule has 1 amide bonds. The molecule has 1 aliphatic rings. The molecule has 126 valence electrons. The second kappa shape index (κ2) is 7.44. The van der Waals surface area contributed by atoms with Crippen molar-refractivity contribution in [3.63, 3.8) is 0 Å². The molecule has 4 nitrogen and oxygen atoms in total. The quantitative estimate of drug-likeness (QED) is 0.720. The third-order valence-corrected chi connectivity index (χ3v) is 4.08. The minimum atomic E-state index is -2.91. The Balaban J connectivity index is 2.05. The van der Waals surface area contributed by atoms with Crippen molar-refractivity contribution in [2.24, 2.45) is 5.92 Å². The van der Waals surface area contributed by atoms with Crippen LogP contribution in [0.2, 0.25) is 0 Å². The number of methoxy groups -OCH3 is 1. The number of carbonyl (C=O) groups is 1. The molecule has 0 spiro atoms. The molecule has 0 bridgehead atoms. The van der Waals surface area contributed by atoms with Crippen LogP contribution in [-0.4, -0.2) is 37.6 Å². The SMILES string of the molecule is COc1cc(/C=C/C(=O)N(C)C(C)C2CC2)ccc1OC(F)F. The van der Waals surface area contributed by atoms with Crippen molar-refractivity contribution in [2.45, 2.75) is 32.4 Å². The minimum absolute atomic E-state index is 0.0366. The van der Waals surface area contributed by atoms with E-state index in [9.17, 15) is 13.6 Å². The Kier molecular flexibility index (Phi) is 5.58. The number of halogens is 2. The van der Waals surface area contributed by atoms with E-state index in [0.29, 0.717) is 11.5 Å². The molecule has 1 fully saturated rings. The molecule has 2 rings (SSSR count). The number of alkyl halides is 2. The first kappa shape index (κ1) is 17.2. The van der Waals surface area contributed by atoms with Crippen LogP contribution in [0.25, 0.3) is 6.08 Å². The number of benzene rings is 1. The predicted molar refractivity (Wildman–Crippen MR) is 83.6 cm³/mol. The molecule has 23 heavy (non-hydrogen) atoms. The summed E-state index contributed by atoms with van der Waals surface area (Å²) in [6.45, 7) is -0.868. The van der Waals surface area contributed by atoms with Gasteiger partial charge >= 0.3 is 6.61 Å². The number of rotatable bonds is 7. The molecule has 0 radical (unpaired) electrons. The van der Waals surface area contributed by atoms with Gasteiger partial charge in [0.1, 0.15) is 0 Å². The summed E-state index contributed by atoms with van der Waals surface area (Å²) < 4.78 is 34.0. The minimum Gasteiger partial charge on any atom is -0.493 e. The van der Waals surface area contributed by atoms with Gasteiger partial charge in [-0.1, -0.05) is 6.07 Å². The number of ether oxygens (including phenoxy) is 2. The molecule has 0 aromatic heterocycles. The summed E-state index contributed by atoms with van der Waals surface area (Å²) in [5.74, 6) is 0.671. The van der Waals surface area contributed by atoms with E-state index in [-0.39, 0.29) is 23.4 Å². The fraction of sp³-hybridized carbons (Fsp3) is 0.471. The van der Waals surface area contributed by atoms with E-state index in [1.165, 1.54) is 32.1 Å². The third kappa shape index (κ3) is 4.68. The van der Waals surface area contributed by atoms with E-state index in [4.69, 9.17) is 4.74 Å². The maximum atomic E-state index is 12.3. The van der Waals surface area contributed by atoms with Gasteiger partial charge in [0.05, 0.1) is 7.11 Å². The third-order valence-electron chi connectivity index (χ3n) is 4.08. The highest BCUT2D eigenvalue weighted by atomic mass is 19.3. The Bertz CT molecular complexity index is 585. The average Bonchev–Trinajstić information content (AvgIpc) is 3.36. The maximum Gasteiger partial charge on any atom is 0.387 e. The Hall–Kier alpha value is -2.11. The molecule has 1 unspecified atom stereocenters. The molecule has 0 heterocycles. The van der Waals surface area contributed by atoms with Crippen LogP contribution in [0.15, 0.2) is 24.3 Å². The summed E-state index contributed by atoms with van der Waals surface area (Å²) in [7, 11) is 3.16. The highest BCUT2D eigenvalue weighted by Gasteiger charge is 2.31. The summed E-state index contributed by atoms with van der Waals surface area (Å²) in [6, 6.07) is 4.76. The zero-order valence-corrected chi connectivity index (χ0v) is 13.5. The number of likely N-dealkylation sites (N-methyl/N-ethyl adjacent to an activating group) is 1. The molecule has 0 N–H and O–H groups in total. The number of hydrogen-bond acceptors (Lipinski definition) is 3. The van der Waals surface area contributed by atoms with Crippen LogP contribution in [0.1, 0.15) is 25.3 Å². The Morgan fingerprint density at radius 2 is 2.04 bits per heavy atom. The largest absolute Gasteiger partial charge is 0.493 e. The lowest BCUT2D eigenvalue weighted by molar-refractivity contribution is -0.126. The van der Waals surface area contributed by atoms with Gasteiger partial charge in [0.15, 0.2) is 11.5 Å². The van der Waals surface area contributed by atoms with Crippen molar-refractivity contribution in [2.75, 3.05) is 14.2 Å². The molecule has 1 saturated carbocycles. The molecule has 0 saturated heterocycles. The second-order valence-electron chi connectivity index (χ2n) is 5.65. The van der Waals surface area contributed by atoms with Gasteiger partial charge in [0, 0.05) is 19.2 Å². The lowest BCUT2D eigenvalue weighted by atomic mass is 10.1. The van der Waals surface area contributed by atoms with Crippen LogP contribution in [-0.2, 0) is 4.79 Å². The monoisotopic (exact) mass is 325 g/mol. The number of carbonyl (C=O) groups excluding carboxylic acids is 1. The highest BCUT2D eigenvalue weighted by molar-refractivity contribution is 5.91. The summed E-state index contributed by atoms with van der Waals surface area (Å²) in [5, 5.41) is 0. The van der Waals surface area contributed by atoms with Crippen molar-refractivity contribution in [1.29, 1.82) is 0 Å². The van der Waals surface area contributed by atoms with Crippen molar-refractivity contribution in [3.05, 3.63) is 29.8 Å². The average molecular weight is 325 g/mol. The van der Waals surface area contributed by atoms with Crippen molar-refractivity contribution >= 4 is 12.0 Å². The molecule has 1 atom stereocenters. The molecule has 6 heteroatoms. The van der Waals surface area contributed by atoms with Crippen molar-refractivity contribution < 1.29 is 23.0 Å². The number of nitrogens with zero attached hydrogens (tertiary/aromatic N) is 1. The van der Waals surface area contributed by atoms with Crippen LogP contribution in [0, 0.1) is 5.92 Å². The van der Waals surface area contributed by atoms with Gasteiger partial charge in [0.25, 0.3) is 0 Å². The van der Waals surface area contributed by atoms with Crippen molar-refractivity contribution in [1.82, 2.24) is 4.90 Å². The summed E-state index contributed by atoms with van der Waals surface area (Å²) in [6.07, 6.45) is 5.45. The molecule has 1 aromatic carbocycles. The first-order valence-electron chi connectivity index (χ1n) is 7.50. The number of hydrogen-bond donors (Lipinski definition) is 0. The van der Waals surface area contributed by atoms with Crippen LogP contribution < -0.4 is 9.47 Å². The van der Waals surface area contributed by atoms with E-state index in [1.54, 1.807) is 30.2 Å². The lowest BCUT2D eigenvalue weighted by Crippen LogP contribution is -2.35. The van der Waals surface area contributed by atoms with E-state index >= 15 is 0 Å². The fourth-order valence-electron chi connectivity index (χ4n) is 2.36. The van der Waals surface area contributed by atoms with E-state index in [0.717, 1.165) is 0 Å². The van der Waals surface area contributed by atoms with E-state index < -0.39 is 6.61 Å². The molecular formula is C17H21F2NO3. The summed E-state index contributed by atoms with van der Waals surface area (Å²) >= 11 is 0. The van der Waals surface area contributed by atoms with Gasteiger partial charge in [-0.25, -0.2) is 0 Å². The highest BCUT2D eigenvalue weighted by Crippen LogP contribution is 2.34. The molecule has 0 aliphatic heterocycles. The van der Waals surface area contributed by atoms with Gasteiger partial charge in [0.2, 0.25) is 5.91 Å². The smallest absolute Gasteiger partial charge is 0.387 e. The zero-order valence-electron chi connectivity index (χ0n) is 13.5. The van der Waals surface area contributed by atoms with Gasteiger partial charge in [-0.15, -0.1) is 0 Å². The van der Waals surface area contributed by atoms with Crippen molar-refractivity contribution in [3.8, 4) is 11.5 Å². The van der Waals surface area contributed by atoms with Gasteiger partial charge in [-0.05, 0) is 49.5 Å². The van der Waals surface area contributed by atoms with Crippen LogP contribution in [0.4, 0.5) is 8.78 Å². The topological polar surface area (TPSA) is 38.8 Å². The molecule has 1 aliphatic carbocycles. The predicted octanol–water partition coefficient (Wildman–Crippen LogP) is 3.57. The van der Waals surface area contributed by atoms with Crippen LogP contribution in [0.3, 0.4) is 0 Å². The maximum absolute atomic E-state index is 12.3. The van der Waals surface area contributed by atoms with E-state index in [1.807, 2.05) is 6.92 Å². The van der Waals surface area contributed by atoms with Crippen LogP contribution in [0.5, 0.6) is 11.5 Å². The summed E-state index contributed by atoms with van der Waals surface area (Å²) in [4.78, 5) is 13.9. The molecule has 1 aromatic rings. The Morgan fingerprint density at radius 3 is 2.61 bits per heavy atom. The van der Waals surface area contributed by atoms with Gasteiger partial charge in [-0.3, -0.25) is 4.79 Å². The van der Waals surface area contributed by atoms with Crippen LogP contribution >= 0.6 is 0 Å². The van der Waals surface area contributed by atoms with E-state index in [2.05, 4.69) is 4.74 Å². The van der Waals surface area contributed by atoms with Gasteiger partial charge in [-0.2, -0.15) is 8.78 Å². The number of amides is 1. The zero-order chi connectivity index (χ0) is 17.0. The van der Waals surface area contributed by atoms with Gasteiger partial charge < -0.3 is 14.4 Å². The lowest BCUT2D eigenvalue weighted by Gasteiger charge is -2.23. The normalized spacial score (nSPS) is 15.7. The second-order valence-corrected chi connectivity index (χ2v) is 5.65. The first-order valence-corrected chi connectivity index (χ1v) is 7.50. The summed E-state index contributed by atoms with van der Waals surface area (Å²) in [5.41, 5.74) is 0.671. The fourth-order valence-corrected chi connectivity index (χ4v) is 2.36. The standard InChI is InChI=1S/C17H21F2NO3/c1-11(13-6-7-13)20(2)16(21)9-5-12-4-8-14(23-17(18)19)15(10-12)22-3/h4-5,8-11,13,17H,6-7H2,1-3H3/b9-5+. The Labute approximate surface area is 134 Å².